The minimum Gasteiger partial charge on any atom is -0.755 e. The first-order chi connectivity index (χ1) is 11.5. The van der Waals surface area contributed by atoms with Crippen molar-refractivity contribution in [3.8, 4) is 0 Å². The van der Waals surface area contributed by atoms with E-state index in [1.54, 1.807) is 0 Å². The molecular weight excluding hydrogens is 357 g/mol. The second kappa shape index (κ2) is 9.15. The Hall–Kier alpha value is -1.44. The number of nitrogens with zero attached hydrogens (tertiary/aromatic N) is 1. The minimum absolute atomic E-state index is 0.0342. The first-order valence-corrected chi connectivity index (χ1v) is 9.03. The maximum Gasteiger partial charge on any atom is 0.293 e. The molecule has 2 unspecified atom stereocenters. The monoisotopic (exact) mass is 374 g/mol. The molecule has 1 aliphatic rings. The lowest BCUT2D eigenvalue weighted by atomic mass is 10.0. The molecule has 24 heavy (non-hydrogen) atoms. The van der Waals surface area contributed by atoms with Gasteiger partial charge in [0.1, 0.15) is 5.82 Å². The predicted molar refractivity (Wildman–Crippen MR) is 89.8 cm³/mol. The van der Waals surface area contributed by atoms with Crippen LogP contribution < -0.4 is 4.31 Å². The molecule has 5 nitrogen and oxygen atoms in total. The number of rotatable bonds is 7. The first kappa shape index (κ1) is 18.9. The predicted octanol–water partition coefficient (Wildman–Crippen LogP) is 3.51. The van der Waals surface area contributed by atoms with Crippen molar-refractivity contribution >= 4 is 35.0 Å². The van der Waals surface area contributed by atoms with E-state index >= 15 is 0 Å². The van der Waals surface area contributed by atoms with Crippen LogP contribution in [0.3, 0.4) is 0 Å². The Kier molecular flexibility index (Phi) is 7.20. The molecule has 132 valence electrons. The van der Waals surface area contributed by atoms with Crippen LogP contribution in [0.4, 0.5) is 10.1 Å². The quantitative estimate of drug-likeness (QED) is 0.317. The van der Waals surface area contributed by atoms with Crippen molar-refractivity contribution in [2.75, 3.05) is 10.9 Å². The average molecular weight is 375 g/mol. The molecule has 0 fully saturated rings. The lowest BCUT2D eigenvalue weighted by Gasteiger charge is -2.36. The maximum absolute atomic E-state index is 13.3. The fraction of sp³-hybridized carbons (Fsp3) is 0.438. The van der Waals surface area contributed by atoms with Crippen molar-refractivity contribution < 1.29 is 22.7 Å². The molecule has 0 saturated carbocycles. The smallest absolute Gasteiger partial charge is 0.293 e. The van der Waals surface area contributed by atoms with E-state index < -0.39 is 23.1 Å². The van der Waals surface area contributed by atoms with Crippen LogP contribution in [0.1, 0.15) is 32.1 Å². The molecule has 1 aromatic rings. The van der Waals surface area contributed by atoms with Gasteiger partial charge >= 0.3 is 0 Å². The molecule has 0 amide bonds. The van der Waals surface area contributed by atoms with Crippen LogP contribution in [0.25, 0.3) is 0 Å². The van der Waals surface area contributed by atoms with E-state index in [-0.39, 0.29) is 17.3 Å². The standard InChI is InChI=1S/C16H19ClFNO4S/c17-14-10-13(18)6-7-16(14)19(24(21)22)15-5-3-1-2-4-12(15)8-9-23-11-20/h4,6-7,10-11,15H,1-3,5,8-9H2,(H,21,22)/p-1. The number of hydrogen-bond donors (Lipinski definition) is 0. The van der Waals surface area contributed by atoms with Crippen LogP contribution in [-0.4, -0.2) is 27.9 Å². The summed E-state index contributed by atoms with van der Waals surface area (Å²) < 4.78 is 43.0. The van der Waals surface area contributed by atoms with Crippen molar-refractivity contribution in [3.63, 3.8) is 0 Å². The highest BCUT2D eigenvalue weighted by molar-refractivity contribution is 7.80. The van der Waals surface area contributed by atoms with Crippen molar-refractivity contribution in [2.45, 2.75) is 38.1 Å². The Bertz CT molecular complexity index is 641. The molecule has 0 aromatic heterocycles. The Labute approximate surface area is 147 Å². The van der Waals surface area contributed by atoms with Gasteiger partial charge in [-0.2, -0.15) is 0 Å². The molecule has 8 heteroatoms. The minimum atomic E-state index is -2.58. The van der Waals surface area contributed by atoms with Gasteiger partial charge < -0.3 is 9.29 Å². The largest absolute Gasteiger partial charge is 0.755 e. The Morgan fingerprint density at radius 3 is 2.92 bits per heavy atom. The van der Waals surface area contributed by atoms with Gasteiger partial charge in [0.25, 0.3) is 6.47 Å². The third-order valence-corrected chi connectivity index (χ3v) is 5.01. The summed E-state index contributed by atoms with van der Waals surface area (Å²) in [5.74, 6) is -0.531. The van der Waals surface area contributed by atoms with Crippen molar-refractivity contribution in [2.24, 2.45) is 0 Å². The van der Waals surface area contributed by atoms with Gasteiger partial charge in [-0.05, 0) is 43.0 Å². The van der Waals surface area contributed by atoms with Gasteiger partial charge in [-0.25, -0.2) is 4.39 Å². The number of halogens is 2. The van der Waals surface area contributed by atoms with Gasteiger partial charge in [0.2, 0.25) is 0 Å². The van der Waals surface area contributed by atoms with Gasteiger partial charge in [-0.1, -0.05) is 24.1 Å². The number of anilines is 1. The van der Waals surface area contributed by atoms with E-state index in [0.29, 0.717) is 19.3 Å². The number of hydrogen-bond acceptors (Lipinski definition) is 4. The van der Waals surface area contributed by atoms with E-state index in [1.165, 1.54) is 16.4 Å². The van der Waals surface area contributed by atoms with Gasteiger partial charge in [0, 0.05) is 17.7 Å². The Balaban J connectivity index is 2.35. The SMILES string of the molecule is O=COCCC1=CCCCCC1N(c1ccc(F)cc1Cl)S(=O)[O-]. The molecular formula is C16H18ClFNO4S-. The summed E-state index contributed by atoms with van der Waals surface area (Å²) in [5.41, 5.74) is 1.11. The second-order valence-electron chi connectivity index (χ2n) is 5.43. The maximum atomic E-state index is 13.3. The zero-order chi connectivity index (χ0) is 17.5. The molecule has 0 heterocycles. The number of benzene rings is 1. The van der Waals surface area contributed by atoms with E-state index in [4.69, 9.17) is 16.3 Å². The topological polar surface area (TPSA) is 69.7 Å². The molecule has 0 bridgehead atoms. The molecule has 0 radical (unpaired) electrons. The Morgan fingerprint density at radius 2 is 2.25 bits per heavy atom. The van der Waals surface area contributed by atoms with Crippen LogP contribution in [0.15, 0.2) is 29.8 Å². The van der Waals surface area contributed by atoms with Gasteiger partial charge in [-0.3, -0.25) is 13.3 Å². The molecule has 1 aromatic carbocycles. The third-order valence-electron chi connectivity index (χ3n) is 3.93. The molecule has 0 aliphatic heterocycles. The van der Waals surface area contributed by atoms with Crippen LogP contribution in [0.2, 0.25) is 5.02 Å². The first-order valence-electron chi connectivity index (χ1n) is 7.62. The Morgan fingerprint density at radius 1 is 1.46 bits per heavy atom. The van der Waals surface area contributed by atoms with E-state index in [9.17, 15) is 17.9 Å². The van der Waals surface area contributed by atoms with E-state index in [2.05, 4.69) is 0 Å². The zero-order valence-corrected chi connectivity index (χ0v) is 14.5. The van der Waals surface area contributed by atoms with Crippen molar-refractivity contribution in [1.29, 1.82) is 0 Å². The van der Waals surface area contributed by atoms with Crippen LogP contribution in [-0.2, 0) is 20.8 Å². The van der Waals surface area contributed by atoms with Gasteiger partial charge in [0.15, 0.2) is 0 Å². The molecule has 2 rings (SSSR count). The molecule has 0 N–H and O–H groups in total. The lowest BCUT2D eigenvalue weighted by Crippen LogP contribution is -2.38. The summed E-state index contributed by atoms with van der Waals surface area (Å²) in [5, 5.41) is 0.0342. The highest BCUT2D eigenvalue weighted by atomic mass is 35.5. The van der Waals surface area contributed by atoms with Crippen LogP contribution in [0.5, 0.6) is 0 Å². The highest BCUT2D eigenvalue weighted by Crippen LogP contribution is 2.34. The number of ether oxygens (including phenoxy) is 1. The van der Waals surface area contributed by atoms with Gasteiger partial charge in [0.05, 0.1) is 23.4 Å². The molecule has 0 spiro atoms. The van der Waals surface area contributed by atoms with Crippen LogP contribution >= 0.6 is 11.6 Å². The summed E-state index contributed by atoms with van der Waals surface area (Å²) >= 11 is 3.48. The number of allylic oxidation sites excluding steroid dienone is 1. The average Bonchev–Trinajstić information content (AvgIpc) is 2.76. The summed E-state index contributed by atoms with van der Waals surface area (Å²) in [6.07, 6.45) is 5.69. The molecule has 1 aliphatic carbocycles. The zero-order valence-electron chi connectivity index (χ0n) is 13.0. The normalized spacial score (nSPS) is 19.1. The third kappa shape index (κ3) is 4.78. The summed E-state index contributed by atoms with van der Waals surface area (Å²) in [6.45, 7) is 0.551. The number of carbonyl (C=O) groups is 1. The summed E-state index contributed by atoms with van der Waals surface area (Å²) in [6, 6.07) is 3.20. The second-order valence-corrected chi connectivity index (χ2v) is 6.67. The fourth-order valence-electron chi connectivity index (χ4n) is 2.86. The molecule has 0 saturated heterocycles. The highest BCUT2D eigenvalue weighted by Gasteiger charge is 2.26. The van der Waals surface area contributed by atoms with Gasteiger partial charge in [-0.15, -0.1) is 0 Å². The summed E-state index contributed by atoms with van der Waals surface area (Å²) in [7, 11) is 0. The van der Waals surface area contributed by atoms with Crippen LogP contribution in [0, 0.1) is 5.82 Å². The fourth-order valence-corrected chi connectivity index (χ4v) is 3.94. The molecule has 2 atom stereocenters. The number of carbonyl (C=O) groups excluding carboxylic acids is 1. The van der Waals surface area contributed by atoms with Crippen molar-refractivity contribution in [1.82, 2.24) is 0 Å². The van der Waals surface area contributed by atoms with E-state index in [0.717, 1.165) is 30.9 Å². The lowest BCUT2D eigenvalue weighted by molar-refractivity contribution is -0.128. The van der Waals surface area contributed by atoms with Crippen molar-refractivity contribution in [3.05, 3.63) is 40.7 Å². The van der Waals surface area contributed by atoms with E-state index in [1.807, 2.05) is 6.08 Å². The summed E-state index contributed by atoms with van der Waals surface area (Å²) in [4.78, 5) is 10.3.